The van der Waals surface area contributed by atoms with Gasteiger partial charge in [0.05, 0.1) is 27.8 Å². The summed E-state index contributed by atoms with van der Waals surface area (Å²) in [7, 11) is 0. The molecule has 0 saturated heterocycles. The maximum atomic E-state index is 5.57. The average molecular weight is 612 g/mol. The maximum absolute atomic E-state index is 5.57. The minimum Gasteiger partial charge on any atom is -0.309 e. The molecule has 0 aliphatic carbocycles. The highest BCUT2D eigenvalue weighted by atomic mass is 15.1. The van der Waals surface area contributed by atoms with Crippen LogP contribution >= 0.6 is 0 Å². The van der Waals surface area contributed by atoms with E-state index in [4.69, 9.17) is 4.98 Å². The molecule has 0 unspecified atom stereocenters. The van der Waals surface area contributed by atoms with Crippen molar-refractivity contribution in [1.82, 2.24) is 14.1 Å². The fraction of sp³-hybridized carbons (Fsp3) is 0. The summed E-state index contributed by atoms with van der Waals surface area (Å²) in [6, 6.07) is 63.0. The van der Waals surface area contributed by atoms with Crippen LogP contribution in [0, 0.1) is 0 Å². The Bertz CT molecular complexity index is 2780. The molecule has 224 valence electrons. The molecule has 10 rings (SSSR count). The Balaban J connectivity index is 1.32. The van der Waals surface area contributed by atoms with E-state index in [9.17, 15) is 0 Å². The number of imidazole rings is 1. The van der Waals surface area contributed by atoms with E-state index in [1.54, 1.807) is 0 Å². The molecule has 10 aromatic rings. The molecule has 0 aliphatic rings. The molecule has 2 aromatic heterocycles. The van der Waals surface area contributed by atoms with Crippen LogP contribution in [0.1, 0.15) is 0 Å². The molecule has 3 heteroatoms. The number of nitrogens with zero attached hydrogens (tertiary/aromatic N) is 3. The molecule has 0 atom stereocenters. The maximum Gasteiger partial charge on any atom is 0.146 e. The Hall–Kier alpha value is -6.45. The first-order valence-electron chi connectivity index (χ1n) is 16.4. The summed E-state index contributed by atoms with van der Waals surface area (Å²) in [5.41, 5.74) is 10.1. The van der Waals surface area contributed by atoms with Crippen LogP contribution in [0.3, 0.4) is 0 Å². The average Bonchev–Trinajstić information content (AvgIpc) is 3.73. The van der Waals surface area contributed by atoms with E-state index in [1.807, 2.05) is 0 Å². The fourth-order valence-electron chi connectivity index (χ4n) is 7.71. The van der Waals surface area contributed by atoms with Gasteiger partial charge in [-0.3, -0.25) is 4.57 Å². The summed E-state index contributed by atoms with van der Waals surface area (Å²) in [5.74, 6) is 0.922. The van der Waals surface area contributed by atoms with Crippen LogP contribution in [0.25, 0.3) is 88.3 Å². The van der Waals surface area contributed by atoms with Gasteiger partial charge in [0.2, 0.25) is 0 Å². The Morgan fingerprint density at radius 2 is 0.812 bits per heavy atom. The van der Waals surface area contributed by atoms with E-state index in [1.165, 1.54) is 38.0 Å². The molecule has 48 heavy (non-hydrogen) atoms. The van der Waals surface area contributed by atoms with Crippen molar-refractivity contribution in [1.29, 1.82) is 0 Å². The molecule has 3 nitrogen and oxygen atoms in total. The van der Waals surface area contributed by atoms with E-state index < -0.39 is 0 Å². The first kappa shape index (κ1) is 26.7. The number of aromatic nitrogens is 3. The highest BCUT2D eigenvalue weighted by Gasteiger charge is 2.23. The van der Waals surface area contributed by atoms with Crippen LogP contribution in [-0.2, 0) is 0 Å². The highest BCUT2D eigenvalue weighted by molar-refractivity contribution is 6.24. The number of rotatable bonds is 4. The van der Waals surface area contributed by atoms with Crippen molar-refractivity contribution in [2.24, 2.45) is 0 Å². The Morgan fingerprint density at radius 1 is 0.333 bits per heavy atom. The minimum atomic E-state index is 0.922. The molecule has 0 amide bonds. The predicted molar refractivity (Wildman–Crippen MR) is 201 cm³/mol. The summed E-state index contributed by atoms with van der Waals surface area (Å²) in [5, 5.41) is 7.30. The highest BCUT2D eigenvalue weighted by Crippen LogP contribution is 2.43. The Kier molecular flexibility index (Phi) is 5.87. The van der Waals surface area contributed by atoms with Crippen molar-refractivity contribution in [3.8, 4) is 33.9 Å². The van der Waals surface area contributed by atoms with Gasteiger partial charge in [-0.25, -0.2) is 4.98 Å². The zero-order valence-corrected chi connectivity index (χ0v) is 26.1. The van der Waals surface area contributed by atoms with Crippen molar-refractivity contribution in [3.63, 3.8) is 0 Å². The lowest BCUT2D eigenvalue weighted by Crippen LogP contribution is -2.01. The van der Waals surface area contributed by atoms with Gasteiger partial charge in [-0.1, -0.05) is 146 Å². The van der Waals surface area contributed by atoms with Gasteiger partial charge in [0, 0.05) is 38.4 Å². The van der Waals surface area contributed by atoms with Crippen LogP contribution in [0.4, 0.5) is 0 Å². The third-order valence-electron chi connectivity index (χ3n) is 9.73. The SMILES string of the molecule is c1ccc(-n2c(-c3ccccc3-c3ccccc3-n3c4ccccc4c4ccccc43)nc3c4ccccc4c4ccccc4c32)cc1. The van der Waals surface area contributed by atoms with E-state index in [0.717, 1.165) is 50.3 Å². The lowest BCUT2D eigenvalue weighted by Gasteiger charge is -2.18. The van der Waals surface area contributed by atoms with E-state index >= 15 is 0 Å². The van der Waals surface area contributed by atoms with Gasteiger partial charge in [0.15, 0.2) is 0 Å². The molecule has 0 fully saturated rings. The topological polar surface area (TPSA) is 22.8 Å². The van der Waals surface area contributed by atoms with E-state index in [2.05, 4.69) is 185 Å². The number of benzene rings is 8. The molecule has 8 aromatic carbocycles. The quantitative estimate of drug-likeness (QED) is 0.182. The zero-order chi connectivity index (χ0) is 31.6. The Labute approximate surface area is 277 Å². The van der Waals surface area contributed by atoms with Crippen molar-refractivity contribution in [2.45, 2.75) is 0 Å². The molecule has 2 heterocycles. The van der Waals surface area contributed by atoms with Gasteiger partial charge in [-0.2, -0.15) is 0 Å². The number of hydrogen-bond donors (Lipinski definition) is 0. The molecule has 0 spiro atoms. The lowest BCUT2D eigenvalue weighted by molar-refractivity contribution is 1.11. The summed E-state index contributed by atoms with van der Waals surface area (Å²) in [6.07, 6.45) is 0. The van der Waals surface area contributed by atoms with E-state index in [-0.39, 0.29) is 0 Å². The van der Waals surface area contributed by atoms with E-state index in [0.29, 0.717) is 0 Å². The molecule has 0 aliphatic heterocycles. The first-order valence-corrected chi connectivity index (χ1v) is 16.4. The number of para-hydroxylation sites is 4. The minimum absolute atomic E-state index is 0.922. The number of fused-ring (bicyclic) bond motifs is 9. The summed E-state index contributed by atoms with van der Waals surface area (Å²) < 4.78 is 4.78. The van der Waals surface area contributed by atoms with Crippen LogP contribution in [0.5, 0.6) is 0 Å². The lowest BCUT2D eigenvalue weighted by atomic mass is 9.97. The van der Waals surface area contributed by atoms with Crippen molar-refractivity contribution >= 4 is 54.4 Å². The van der Waals surface area contributed by atoms with Crippen LogP contribution < -0.4 is 0 Å². The standard InChI is InChI=1S/C45H29N3/c1-2-16-30(17-3-1)47-44-38-25-8-5-19-32(38)31-18-4-7-24-37(31)43(44)46-45(47)39-26-9-6-20-33(39)34-21-10-13-27-40(34)48-41-28-14-11-22-35(41)36-23-12-15-29-42(36)48/h1-29H. The van der Waals surface area contributed by atoms with Crippen molar-refractivity contribution < 1.29 is 0 Å². The third-order valence-corrected chi connectivity index (χ3v) is 9.73. The summed E-state index contributed by atoms with van der Waals surface area (Å²) in [4.78, 5) is 5.57. The second kappa shape index (κ2) is 10.5. The number of hydrogen-bond acceptors (Lipinski definition) is 1. The molecule has 0 bridgehead atoms. The van der Waals surface area contributed by atoms with Gasteiger partial charge in [-0.05, 0) is 46.7 Å². The van der Waals surface area contributed by atoms with Crippen LogP contribution in [-0.4, -0.2) is 14.1 Å². The smallest absolute Gasteiger partial charge is 0.146 e. The van der Waals surface area contributed by atoms with Crippen molar-refractivity contribution in [2.75, 3.05) is 0 Å². The molecular formula is C45H29N3. The molecule has 0 radical (unpaired) electrons. The monoisotopic (exact) mass is 611 g/mol. The summed E-state index contributed by atoms with van der Waals surface area (Å²) in [6.45, 7) is 0. The van der Waals surface area contributed by atoms with Crippen molar-refractivity contribution in [3.05, 3.63) is 176 Å². The first-order chi connectivity index (χ1) is 23.9. The fourth-order valence-corrected chi connectivity index (χ4v) is 7.71. The molecule has 0 saturated carbocycles. The largest absolute Gasteiger partial charge is 0.309 e. The van der Waals surface area contributed by atoms with Gasteiger partial charge in [-0.15, -0.1) is 0 Å². The summed E-state index contributed by atoms with van der Waals surface area (Å²) >= 11 is 0. The van der Waals surface area contributed by atoms with Crippen LogP contribution in [0.2, 0.25) is 0 Å². The van der Waals surface area contributed by atoms with Gasteiger partial charge in [0.25, 0.3) is 0 Å². The second-order valence-electron chi connectivity index (χ2n) is 12.3. The second-order valence-corrected chi connectivity index (χ2v) is 12.3. The third kappa shape index (κ3) is 3.85. The molecule has 0 N–H and O–H groups in total. The van der Waals surface area contributed by atoms with Gasteiger partial charge >= 0.3 is 0 Å². The Morgan fingerprint density at radius 3 is 1.50 bits per heavy atom. The molecular weight excluding hydrogens is 583 g/mol. The van der Waals surface area contributed by atoms with Crippen LogP contribution in [0.15, 0.2) is 176 Å². The normalized spacial score (nSPS) is 11.8. The van der Waals surface area contributed by atoms with Gasteiger partial charge < -0.3 is 4.57 Å². The van der Waals surface area contributed by atoms with Gasteiger partial charge in [0.1, 0.15) is 5.82 Å². The predicted octanol–water partition coefficient (Wildman–Crippen LogP) is 11.8. The zero-order valence-electron chi connectivity index (χ0n) is 26.1.